The Kier molecular flexibility index (Phi) is 8.34. The number of hydrogen-bond acceptors (Lipinski definition) is 3. The molecule has 4 nitrogen and oxygen atoms in total. The van der Waals surface area contributed by atoms with Crippen molar-refractivity contribution in [1.82, 2.24) is 10.6 Å². The van der Waals surface area contributed by atoms with Gasteiger partial charge in [-0.15, -0.1) is 0 Å². The Morgan fingerprint density at radius 2 is 1.63 bits per heavy atom. The van der Waals surface area contributed by atoms with Crippen molar-refractivity contribution < 1.29 is 18.7 Å². The predicted octanol–water partition coefficient (Wildman–Crippen LogP) is 3.69. The van der Waals surface area contributed by atoms with Gasteiger partial charge in [0.15, 0.2) is 0 Å². The lowest BCUT2D eigenvalue weighted by Crippen LogP contribution is -2.48. The summed E-state index contributed by atoms with van der Waals surface area (Å²) < 4.78 is 28.6. The second kappa shape index (κ2) is 10.3. The molecule has 0 radical (unpaired) electrons. The number of hydrogen-bond donors (Lipinski definition) is 3. The van der Waals surface area contributed by atoms with E-state index in [1.165, 1.54) is 19.1 Å². The van der Waals surface area contributed by atoms with E-state index >= 15 is 0 Å². The molecule has 2 rings (SSSR count). The molecule has 0 aromatic heterocycles. The molecule has 146 valence electrons. The van der Waals surface area contributed by atoms with Gasteiger partial charge in [0.25, 0.3) is 0 Å². The summed E-state index contributed by atoms with van der Waals surface area (Å²) >= 11 is 6.83. The smallest absolute Gasteiger partial charge is 0.217 e. The van der Waals surface area contributed by atoms with E-state index in [0.29, 0.717) is 12.1 Å². The van der Waals surface area contributed by atoms with E-state index in [1.54, 1.807) is 0 Å². The highest BCUT2D eigenvalue weighted by atomic mass is 79.9. The Hall–Kier alpha value is -1.35. The minimum Gasteiger partial charge on any atom is -0.390 e. The number of carbonyl (C=O) groups is 1. The van der Waals surface area contributed by atoms with E-state index < -0.39 is 23.8 Å². The first kappa shape index (κ1) is 21.9. The third-order valence-electron chi connectivity index (χ3n) is 3.84. The molecule has 2 atom stereocenters. The molecule has 27 heavy (non-hydrogen) atoms. The Bertz CT molecular complexity index is 765. The van der Waals surface area contributed by atoms with Crippen molar-refractivity contribution in [2.75, 3.05) is 6.54 Å². The van der Waals surface area contributed by atoms with Crippen molar-refractivity contribution in [2.45, 2.75) is 32.0 Å². The molecular weight excluding hydrogens is 486 g/mol. The zero-order valence-corrected chi connectivity index (χ0v) is 17.8. The molecular formula is C19H20Br2F2N2O2. The fourth-order valence-corrected chi connectivity index (χ4v) is 4.14. The van der Waals surface area contributed by atoms with E-state index in [1.807, 2.05) is 18.2 Å². The van der Waals surface area contributed by atoms with Crippen LogP contribution in [0.4, 0.5) is 8.78 Å². The van der Waals surface area contributed by atoms with Gasteiger partial charge in [-0.2, -0.15) is 0 Å². The standard InChI is InChI=1S/C19H20Br2F2N2O2/c1-11(26)25-18(6-12-4-16(22)8-17(23)5-12)19(27)10-24-9-13-2-14(20)7-15(21)3-13/h2-5,7-8,18-19,24,27H,6,9-10H2,1H3,(H,25,26)/t18-,19-/m0/s1. The van der Waals surface area contributed by atoms with Gasteiger partial charge in [0.05, 0.1) is 12.1 Å². The zero-order chi connectivity index (χ0) is 20.0. The van der Waals surface area contributed by atoms with Crippen LogP contribution in [0, 0.1) is 11.6 Å². The van der Waals surface area contributed by atoms with Crippen LogP contribution in [0.15, 0.2) is 45.3 Å². The third-order valence-corrected chi connectivity index (χ3v) is 4.75. The fourth-order valence-electron chi connectivity index (χ4n) is 2.75. The number of nitrogens with one attached hydrogen (secondary N) is 2. The lowest BCUT2D eigenvalue weighted by Gasteiger charge is -2.24. The Labute approximate surface area is 173 Å². The number of amides is 1. The van der Waals surface area contributed by atoms with Crippen molar-refractivity contribution >= 4 is 37.8 Å². The summed E-state index contributed by atoms with van der Waals surface area (Å²) in [7, 11) is 0. The number of rotatable bonds is 8. The molecule has 0 heterocycles. The summed E-state index contributed by atoms with van der Waals surface area (Å²) in [6.07, 6.45) is -0.824. The second-order valence-electron chi connectivity index (χ2n) is 6.26. The number of benzene rings is 2. The first-order valence-corrected chi connectivity index (χ1v) is 9.87. The highest BCUT2D eigenvalue weighted by Crippen LogP contribution is 2.20. The lowest BCUT2D eigenvalue weighted by molar-refractivity contribution is -0.120. The van der Waals surface area contributed by atoms with Gasteiger partial charge in [0, 0.05) is 35.0 Å². The van der Waals surface area contributed by atoms with Gasteiger partial charge in [-0.25, -0.2) is 8.78 Å². The van der Waals surface area contributed by atoms with Crippen LogP contribution >= 0.6 is 31.9 Å². The highest BCUT2D eigenvalue weighted by Gasteiger charge is 2.21. The summed E-state index contributed by atoms with van der Waals surface area (Å²) in [6.45, 7) is 2.04. The second-order valence-corrected chi connectivity index (χ2v) is 8.10. The fraction of sp³-hybridized carbons (Fsp3) is 0.316. The first-order valence-electron chi connectivity index (χ1n) is 8.29. The van der Waals surface area contributed by atoms with Crippen LogP contribution in [0.2, 0.25) is 0 Å². The molecule has 0 aliphatic heterocycles. The molecule has 2 aromatic carbocycles. The summed E-state index contributed by atoms with van der Waals surface area (Å²) in [5, 5.41) is 16.2. The Balaban J connectivity index is 1.99. The maximum absolute atomic E-state index is 13.4. The molecule has 1 amide bonds. The van der Waals surface area contributed by atoms with Crippen LogP contribution in [0.3, 0.4) is 0 Å². The number of aliphatic hydroxyl groups excluding tert-OH is 1. The first-order chi connectivity index (χ1) is 12.7. The van der Waals surface area contributed by atoms with Crippen molar-refractivity contribution in [2.24, 2.45) is 0 Å². The minimum atomic E-state index is -0.934. The molecule has 0 aliphatic carbocycles. The van der Waals surface area contributed by atoms with Gasteiger partial charge in [-0.1, -0.05) is 31.9 Å². The van der Waals surface area contributed by atoms with E-state index in [0.717, 1.165) is 20.6 Å². The van der Waals surface area contributed by atoms with Crippen molar-refractivity contribution in [3.63, 3.8) is 0 Å². The average molecular weight is 506 g/mol. The van der Waals surface area contributed by atoms with Crippen molar-refractivity contribution in [3.8, 4) is 0 Å². The number of carbonyl (C=O) groups excluding carboxylic acids is 1. The summed E-state index contributed by atoms with van der Waals surface area (Å²) in [5.74, 6) is -1.72. The van der Waals surface area contributed by atoms with Gasteiger partial charge in [0.1, 0.15) is 11.6 Å². The van der Waals surface area contributed by atoms with Crippen LogP contribution in [-0.4, -0.2) is 29.7 Å². The van der Waals surface area contributed by atoms with Crippen LogP contribution in [0.1, 0.15) is 18.1 Å². The third kappa shape index (κ3) is 7.65. The molecule has 0 fully saturated rings. The summed E-state index contributed by atoms with van der Waals surface area (Å²) in [6, 6.07) is 8.31. The normalized spacial score (nSPS) is 13.3. The Morgan fingerprint density at radius 1 is 1.04 bits per heavy atom. The SMILES string of the molecule is CC(=O)N[C@@H](Cc1cc(F)cc(F)c1)[C@@H](O)CNCc1cc(Br)cc(Br)c1. The predicted molar refractivity (Wildman–Crippen MR) is 107 cm³/mol. The van der Waals surface area contributed by atoms with Crippen LogP contribution < -0.4 is 10.6 Å². The summed E-state index contributed by atoms with van der Waals surface area (Å²) in [5.41, 5.74) is 1.37. The minimum absolute atomic E-state index is 0.111. The molecule has 0 saturated heterocycles. The molecule has 0 saturated carbocycles. The van der Waals surface area contributed by atoms with Crippen LogP contribution in [0.5, 0.6) is 0 Å². The number of aliphatic hydroxyl groups is 1. The summed E-state index contributed by atoms with van der Waals surface area (Å²) in [4.78, 5) is 11.5. The topological polar surface area (TPSA) is 61.4 Å². The molecule has 0 spiro atoms. The zero-order valence-electron chi connectivity index (χ0n) is 14.6. The van der Waals surface area contributed by atoms with E-state index in [9.17, 15) is 18.7 Å². The van der Waals surface area contributed by atoms with Gasteiger partial charge in [0.2, 0.25) is 5.91 Å². The molecule has 0 unspecified atom stereocenters. The maximum Gasteiger partial charge on any atom is 0.217 e. The van der Waals surface area contributed by atoms with Crippen LogP contribution in [0.25, 0.3) is 0 Å². The molecule has 0 aliphatic rings. The van der Waals surface area contributed by atoms with E-state index in [2.05, 4.69) is 42.5 Å². The lowest BCUT2D eigenvalue weighted by atomic mass is 10.0. The quantitative estimate of drug-likeness (QED) is 0.512. The molecule has 2 aromatic rings. The molecule has 8 heteroatoms. The average Bonchev–Trinajstić information content (AvgIpc) is 2.51. The number of halogens is 4. The van der Waals surface area contributed by atoms with Crippen LogP contribution in [-0.2, 0) is 17.8 Å². The van der Waals surface area contributed by atoms with E-state index in [-0.39, 0.29) is 18.9 Å². The van der Waals surface area contributed by atoms with Gasteiger partial charge in [-0.05, 0) is 47.9 Å². The van der Waals surface area contributed by atoms with Crippen molar-refractivity contribution in [3.05, 3.63) is 68.1 Å². The van der Waals surface area contributed by atoms with Gasteiger partial charge >= 0.3 is 0 Å². The molecule has 0 bridgehead atoms. The highest BCUT2D eigenvalue weighted by molar-refractivity contribution is 9.11. The maximum atomic E-state index is 13.4. The van der Waals surface area contributed by atoms with E-state index in [4.69, 9.17) is 0 Å². The Morgan fingerprint density at radius 3 is 2.19 bits per heavy atom. The van der Waals surface area contributed by atoms with Crippen molar-refractivity contribution in [1.29, 1.82) is 0 Å². The monoisotopic (exact) mass is 504 g/mol. The van der Waals surface area contributed by atoms with Gasteiger partial charge in [-0.3, -0.25) is 4.79 Å². The molecule has 3 N–H and O–H groups in total. The largest absolute Gasteiger partial charge is 0.390 e. The van der Waals surface area contributed by atoms with Gasteiger partial charge < -0.3 is 15.7 Å².